The minimum absolute atomic E-state index is 0.00890. The molecule has 1 heterocycles. The van der Waals surface area contributed by atoms with E-state index in [1.54, 1.807) is 36.3 Å². The second-order valence-electron chi connectivity index (χ2n) is 6.93. The van der Waals surface area contributed by atoms with Gasteiger partial charge in [0.25, 0.3) is 0 Å². The van der Waals surface area contributed by atoms with Gasteiger partial charge in [0, 0.05) is 37.5 Å². The summed E-state index contributed by atoms with van der Waals surface area (Å²) < 4.78 is 5.08. The lowest BCUT2D eigenvalue weighted by Crippen LogP contribution is -2.37. The fourth-order valence-electron chi connectivity index (χ4n) is 3.41. The van der Waals surface area contributed by atoms with Crippen molar-refractivity contribution in [3.8, 4) is 5.75 Å². The summed E-state index contributed by atoms with van der Waals surface area (Å²) in [6.45, 7) is 1.27. The number of hydrogen-bond acceptors (Lipinski definition) is 5. The van der Waals surface area contributed by atoms with Gasteiger partial charge in [-0.1, -0.05) is 0 Å². The zero-order chi connectivity index (χ0) is 19.8. The molecule has 27 heavy (non-hydrogen) atoms. The topological polar surface area (TPSA) is 87.2 Å². The van der Waals surface area contributed by atoms with Crippen molar-refractivity contribution in [3.63, 3.8) is 0 Å². The number of nitrogens with zero attached hydrogens (tertiary/aromatic N) is 2. The van der Waals surface area contributed by atoms with Crippen molar-refractivity contribution >= 4 is 17.7 Å². The number of carboxylic acid groups (broad SMARTS) is 1. The first-order valence-electron chi connectivity index (χ1n) is 9.27. The van der Waals surface area contributed by atoms with Crippen LogP contribution in [-0.2, 0) is 9.59 Å². The lowest BCUT2D eigenvalue weighted by molar-refractivity contribution is -0.138. The number of carbonyl (C=O) groups is 3. The van der Waals surface area contributed by atoms with Crippen molar-refractivity contribution in [1.82, 2.24) is 9.80 Å². The number of aliphatic carboxylic acids is 1. The molecule has 0 bridgehead atoms. The number of benzene rings is 1. The molecule has 1 aromatic rings. The summed E-state index contributed by atoms with van der Waals surface area (Å²) >= 11 is 0. The third kappa shape index (κ3) is 6.36. The van der Waals surface area contributed by atoms with Gasteiger partial charge in [-0.2, -0.15) is 0 Å². The molecule has 0 radical (unpaired) electrons. The van der Waals surface area contributed by atoms with Gasteiger partial charge in [-0.3, -0.25) is 19.3 Å². The van der Waals surface area contributed by atoms with Crippen molar-refractivity contribution < 1.29 is 24.2 Å². The molecule has 0 spiro atoms. The van der Waals surface area contributed by atoms with Gasteiger partial charge in [-0.25, -0.2) is 0 Å². The number of rotatable bonds is 8. The predicted octanol–water partition coefficient (Wildman–Crippen LogP) is 2.06. The molecule has 1 unspecified atom stereocenters. The van der Waals surface area contributed by atoms with Crippen LogP contribution in [0.5, 0.6) is 5.75 Å². The van der Waals surface area contributed by atoms with Crippen LogP contribution in [0.15, 0.2) is 24.3 Å². The lowest BCUT2D eigenvalue weighted by atomic mass is 10.1. The van der Waals surface area contributed by atoms with Crippen LogP contribution >= 0.6 is 0 Å². The number of carbonyl (C=O) groups excluding carboxylic acids is 2. The SMILES string of the molecule is COc1ccc(C(=O)CCC(=O)N2CCCC(N(C)CC(=O)O)CC2)cc1. The zero-order valence-electron chi connectivity index (χ0n) is 16.0. The standard InChI is InChI=1S/C20H28N2O5/c1-21(14-20(25)26)16-4-3-12-22(13-11-16)19(24)10-9-18(23)15-5-7-17(27-2)8-6-15/h5-8,16H,3-4,9-14H2,1-2H3,(H,25,26). The van der Waals surface area contributed by atoms with Crippen LogP contribution in [0.1, 0.15) is 42.5 Å². The van der Waals surface area contributed by atoms with E-state index in [2.05, 4.69) is 0 Å². The van der Waals surface area contributed by atoms with Crippen molar-refractivity contribution in [3.05, 3.63) is 29.8 Å². The predicted molar refractivity (Wildman–Crippen MR) is 101 cm³/mol. The molecule has 1 aliphatic rings. The molecule has 2 rings (SSSR count). The summed E-state index contributed by atoms with van der Waals surface area (Å²) in [5.41, 5.74) is 0.579. The third-order valence-electron chi connectivity index (χ3n) is 5.04. The van der Waals surface area contributed by atoms with Crippen molar-refractivity contribution in [2.24, 2.45) is 0 Å². The number of amides is 1. The summed E-state index contributed by atoms with van der Waals surface area (Å²) in [5.74, 6) is -0.223. The first kappa shape index (κ1) is 20.9. The van der Waals surface area contributed by atoms with Gasteiger partial charge in [-0.15, -0.1) is 0 Å². The van der Waals surface area contributed by atoms with Gasteiger partial charge >= 0.3 is 5.97 Å². The smallest absolute Gasteiger partial charge is 0.317 e. The fraction of sp³-hybridized carbons (Fsp3) is 0.550. The van der Waals surface area contributed by atoms with E-state index in [-0.39, 0.29) is 37.1 Å². The Balaban J connectivity index is 1.81. The number of likely N-dealkylation sites (tertiary alicyclic amines) is 1. The molecule has 1 N–H and O–H groups in total. The maximum absolute atomic E-state index is 12.5. The number of likely N-dealkylation sites (N-methyl/N-ethyl adjacent to an activating group) is 1. The lowest BCUT2D eigenvalue weighted by Gasteiger charge is -2.25. The zero-order valence-corrected chi connectivity index (χ0v) is 16.0. The molecule has 7 nitrogen and oxygen atoms in total. The third-order valence-corrected chi connectivity index (χ3v) is 5.04. The molecule has 7 heteroatoms. The molecule has 1 aromatic carbocycles. The van der Waals surface area contributed by atoms with E-state index in [4.69, 9.17) is 9.84 Å². The molecule has 0 aliphatic carbocycles. The van der Waals surface area contributed by atoms with Crippen LogP contribution in [-0.4, -0.2) is 72.4 Å². The van der Waals surface area contributed by atoms with Gasteiger partial charge in [-0.05, 0) is 50.6 Å². The second-order valence-corrected chi connectivity index (χ2v) is 6.93. The fourth-order valence-corrected chi connectivity index (χ4v) is 3.41. The second kappa shape index (κ2) is 10.1. The van der Waals surface area contributed by atoms with Crippen LogP contribution in [0, 0.1) is 0 Å². The summed E-state index contributed by atoms with van der Waals surface area (Å²) in [7, 11) is 3.38. The Morgan fingerprint density at radius 2 is 1.85 bits per heavy atom. The minimum Gasteiger partial charge on any atom is -0.497 e. The number of methoxy groups -OCH3 is 1. The summed E-state index contributed by atoms with van der Waals surface area (Å²) in [5, 5.41) is 8.93. The maximum Gasteiger partial charge on any atom is 0.317 e. The van der Waals surface area contributed by atoms with Crippen molar-refractivity contribution in [1.29, 1.82) is 0 Å². The number of ether oxygens (including phenoxy) is 1. The highest BCUT2D eigenvalue weighted by Crippen LogP contribution is 2.18. The van der Waals surface area contributed by atoms with Crippen LogP contribution in [0.4, 0.5) is 0 Å². The van der Waals surface area contributed by atoms with E-state index >= 15 is 0 Å². The van der Waals surface area contributed by atoms with Gasteiger partial charge in [0.05, 0.1) is 13.7 Å². The van der Waals surface area contributed by atoms with E-state index in [0.717, 1.165) is 19.3 Å². The summed E-state index contributed by atoms with van der Waals surface area (Å²) in [6, 6.07) is 7.05. The highest BCUT2D eigenvalue weighted by Gasteiger charge is 2.24. The number of hydrogen-bond donors (Lipinski definition) is 1. The first-order chi connectivity index (χ1) is 12.9. The largest absolute Gasteiger partial charge is 0.497 e. The Morgan fingerprint density at radius 3 is 2.48 bits per heavy atom. The van der Waals surface area contributed by atoms with Crippen LogP contribution in [0.25, 0.3) is 0 Å². The number of Topliss-reactive ketones (excluding diaryl/α,β-unsaturated/α-hetero) is 1. The highest BCUT2D eigenvalue weighted by molar-refractivity contribution is 5.98. The number of ketones is 1. The Bertz CT molecular complexity index is 659. The monoisotopic (exact) mass is 376 g/mol. The minimum atomic E-state index is -0.841. The van der Waals surface area contributed by atoms with E-state index in [1.165, 1.54) is 0 Å². The summed E-state index contributed by atoms with van der Waals surface area (Å²) in [4.78, 5) is 39.3. The van der Waals surface area contributed by atoms with Crippen LogP contribution in [0.2, 0.25) is 0 Å². The highest BCUT2D eigenvalue weighted by atomic mass is 16.5. The molecular weight excluding hydrogens is 348 g/mol. The van der Waals surface area contributed by atoms with Gasteiger partial charge < -0.3 is 14.7 Å². The van der Waals surface area contributed by atoms with Crippen molar-refractivity contribution in [2.75, 3.05) is 33.8 Å². The molecule has 1 fully saturated rings. The molecule has 1 aliphatic heterocycles. The number of carboxylic acids is 1. The molecule has 1 atom stereocenters. The maximum atomic E-state index is 12.5. The Labute approximate surface area is 159 Å². The molecular formula is C20H28N2O5. The Hall–Kier alpha value is -2.41. The molecule has 1 amide bonds. The average molecular weight is 376 g/mol. The summed E-state index contributed by atoms with van der Waals surface area (Å²) in [6.07, 6.45) is 2.84. The van der Waals surface area contributed by atoms with Gasteiger partial charge in [0.1, 0.15) is 5.75 Å². The molecule has 0 aromatic heterocycles. The van der Waals surface area contributed by atoms with E-state index in [1.807, 2.05) is 11.9 Å². The van der Waals surface area contributed by atoms with Crippen LogP contribution < -0.4 is 4.74 Å². The van der Waals surface area contributed by atoms with Crippen LogP contribution in [0.3, 0.4) is 0 Å². The van der Waals surface area contributed by atoms with Gasteiger partial charge in [0.2, 0.25) is 5.91 Å². The van der Waals surface area contributed by atoms with Gasteiger partial charge in [0.15, 0.2) is 5.78 Å². The Morgan fingerprint density at radius 1 is 1.15 bits per heavy atom. The normalized spacial score (nSPS) is 17.4. The van der Waals surface area contributed by atoms with E-state index in [9.17, 15) is 14.4 Å². The first-order valence-corrected chi connectivity index (χ1v) is 9.27. The Kier molecular flexibility index (Phi) is 7.79. The average Bonchev–Trinajstić information content (AvgIpc) is 2.91. The van der Waals surface area contributed by atoms with E-state index < -0.39 is 5.97 Å². The quantitative estimate of drug-likeness (QED) is 0.699. The van der Waals surface area contributed by atoms with E-state index in [0.29, 0.717) is 24.4 Å². The molecule has 1 saturated heterocycles. The molecule has 148 valence electrons. The van der Waals surface area contributed by atoms with Crippen molar-refractivity contribution in [2.45, 2.75) is 38.1 Å². The molecule has 0 saturated carbocycles.